The number of aromatic nitrogens is 1. The molecule has 30 heavy (non-hydrogen) atoms. The molecule has 1 heterocycles. The smallest absolute Gasteiger partial charge is 0.221 e. The number of ether oxygens (including phenoxy) is 1. The van der Waals surface area contributed by atoms with Crippen LogP contribution >= 0.6 is 0 Å². The number of pyridine rings is 1. The molecular weight excluding hydrogens is 368 g/mol. The predicted octanol–water partition coefficient (Wildman–Crippen LogP) is 6.24. The first kappa shape index (κ1) is 20.4. The zero-order chi connectivity index (χ0) is 20.8. The van der Waals surface area contributed by atoms with Crippen LogP contribution in [0.3, 0.4) is 0 Å². The average molecular weight is 399 g/mol. The van der Waals surface area contributed by atoms with E-state index in [1.165, 1.54) is 28.1 Å². The molecule has 0 bridgehead atoms. The van der Waals surface area contributed by atoms with E-state index in [1.54, 1.807) is 0 Å². The van der Waals surface area contributed by atoms with Gasteiger partial charge in [-0.1, -0.05) is 67.9 Å². The van der Waals surface area contributed by atoms with E-state index in [0.717, 1.165) is 42.9 Å². The summed E-state index contributed by atoms with van der Waals surface area (Å²) in [5, 5.41) is 4.88. The van der Waals surface area contributed by atoms with Crippen LogP contribution in [0.4, 0.5) is 0 Å². The topological polar surface area (TPSA) is 25.4 Å². The van der Waals surface area contributed by atoms with Gasteiger partial charge in [-0.2, -0.15) is 0 Å². The van der Waals surface area contributed by atoms with Gasteiger partial charge in [0, 0.05) is 24.2 Å². The summed E-state index contributed by atoms with van der Waals surface area (Å²) in [4.78, 5) is 7.11. The largest absolute Gasteiger partial charge is 0.476 e. The highest BCUT2D eigenvalue weighted by Gasteiger charge is 2.08. The molecule has 0 fully saturated rings. The van der Waals surface area contributed by atoms with Crippen molar-refractivity contribution in [2.75, 3.05) is 20.2 Å². The van der Waals surface area contributed by atoms with Gasteiger partial charge < -0.3 is 4.74 Å². The monoisotopic (exact) mass is 398 g/mol. The zero-order valence-corrected chi connectivity index (χ0v) is 18.0. The fourth-order valence-corrected chi connectivity index (χ4v) is 3.84. The lowest BCUT2D eigenvalue weighted by molar-refractivity contribution is 0.229. The Bertz CT molecular complexity index is 1120. The fraction of sp³-hybridized carbons (Fsp3) is 0.296. The van der Waals surface area contributed by atoms with Gasteiger partial charge in [0.1, 0.15) is 6.61 Å². The summed E-state index contributed by atoms with van der Waals surface area (Å²) in [6, 6.07) is 25.8. The Balaban J connectivity index is 1.39. The van der Waals surface area contributed by atoms with Crippen molar-refractivity contribution in [1.29, 1.82) is 0 Å². The first-order valence-corrected chi connectivity index (χ1v) is 10.9. The van der Waals surface area contributed by atoms with Crippen LogP contribution in [0, 0.1) is 0 Å². The predicted molar refractivity (Wildman–Crippen MR) is 126 cm³/mol. The van der Waals surface area contributed by atoms with Gasteiger partial charge >= 0.3 is 0 Å². The van der Waals surface area contributed by atoms with Crippen LogP contribution in [0.2, 0.25) is 0 Å². The van der Waals surface area contributed by atoms with E-state index in [1.807, 2.05) is 0 Å². The normalized spacial score (nSPS) is 11.4. The molecule has 0 aliphatic carbocycles. The number of hydrogen-bond acceptors (Lipinski definition) is 3. The average Bonchev–Trinajstić information content (AvgIpc) is 2.77. The summed E-state index contributed by atoms with van der Waals surface area (Å²) in [5.74, 6) is 0.762. The lowest BCUT2D eigenvalue weighted by Gasteiger charge is -2.18. The molecule has 4 rings (SSSR count). The Labute approximate surface area is 179 Å². The third-order valence-corrected chi connectivity index (χ3v) is 5.52. The first-order chi connectivity index (χ1) is 14.7. The van der Waals surface area contributed by atoms with Crippen molar-refractivity contribution in [2.45, 2.75) is 32.7 Å². The van der Waals surface area contributed by atoms with Gasteiger partial charge in [-0.05, 0) is 59.8 Å². The van der Waals surface area contributed by atoms with Crippen molar-refractivity contribution in [3.8, 4) is 5.88 Å². The molecule has 0 saturated heterocycles. The number of unbranched alkanes of at least 4 members (excludes halogenated alkanes) is 1. The molecule has 154 valence electrons. The maximum Gasteiger partial charge on any atom is 0.221 e. The van der Waals surface area contributed by atoms with Gasteiger partial charge in [-0.3, -0.25) is 4.90 Å². The molecular formula is C27H30N2O. The second kappa shape index (κ2) is 9.73. The van der Waals surface area contributed by atoms with Crippen LogP contribution in [0.1, 0.15) is 31.0 Å². The van der Waals surface area contributed by atoms with Crippen LogP contribution in [-0.4, -0.2) is 30.1 Å². The van der Waals surface area contributed by atoms with Crippen LogP contribution in [0.5, 0.6) is 5.88 Å². The molecule has 3 nitrogen and oxygen atoms in total. The second-order valence-corrected chi connectivity index (χ2v) is 8.01. The van der Waals surface area contributed by atoms with Crippen molar-refractivity contribution in [3.63, 3.8) is 0 Å². The molecule has 0 atom stereocenters. The molecule has 0 amide bonds. The molecule has 0 saturated carbocycles. The van der Waals surface area contributed by atoms with E-state index in [9.17, 15) is 0 Å². The van der Waals surface area contributed by atoms with Crippen molar-refractivity contribution < 1.29 is 4.74 Å². The van der Waals surface area contributed by atoms with Gasteiger partial charge in [0.15, 0.2) is 0 Å². The van der Waals surface area contributed by atoms with Crippen molar-refractivity contribution in [1.82, 2.24) is 9.88 Å². The summed E-state index contributed by atoms with van der Waals surface area (Å²) in [5.41, 5.74) is 2.44. The fourth-order valence-electron chi connectivity index (χ4n) is 3.84. The quantitative estimate of drug-likeness (QED) is 0.334. The standard InChI is InChI=1S/C27H30N2O/c1-3-4-12-25-19-24-11-7-8-13-26(24)27(28-25)30-17-16-29(2)20-21-14-15-22-9-5-6-10-23(22)18-21/h5-11,13-15,18-19H,3-4,12,16-17,20H2,1-2H3. The van der Waals surface area contributed by atoms with Gasteiger partial charge in [0.2, 0.25) is 5.88 Å². The highest BCUT2D eigenvalue weighted by atomic mass is 16.5. The molecule has 4 aromatic rings. The third-order valence-electron chi connectivity index (χ3n) is 5.52. The Morgan fingerprint density at radius 1 is 0.867 bits per heavy atom. The van der Waals surface area contributed by atoms with E-state index >= 15 is 0 Å². The lowest BCUT2D eigenvalue weighted by Crippen LogP contribution is -2.24. The van der Waals surface area contributed by atoms with E-state index in [0.29, 0.717) is 6.61 Å². The highest BCUT2D eigenvalue weighted by Crippen LogP contribution is 2.25. The van der Waals surface area contributed by atoms with Crippen molar-refractivity contribution in [3.05, 3.63) is 84.1 Å². The minimum atomic E-state index is 0.623. The van der Waals surface area contributed by atoms with Crippen LogP contribution in [0.15, 0.2) is 72.8 Å². The molecule has 0 aliphatic heterocycles. The Morgan fingerprint density at radius 2 is 1.63 bits per heavy atom. The molecule has 3 heteroatoms. The molecule has 0 radical (unpaired) electrons. The van der Waals surface area contributed by atoms with Gasteiger partial charge in [-0.15, -0.1) is 0 Å². The number of rotatable bonds is 9. The number of hydrogen-bond donors (Lipinski definition) is 0. The summed E-state index contributed by atoms with van der Waals surface area (Å²) >= 11 is 0. The molecule has 0 N–H and O–H groups in total. The zero-order valence-electron chi connectivity index (χ0n) is 18.0. The third kappa shape index (κ3) is 4.98. The molecule has 3 aromatic carbocycles. The Morgan fingerprint density at radius 3 is 2.47 bits per heavy atom. The summed E-state index contributed by atoms with van der Waals surface area (Å²) in [6.07, 6.45) is 3.32. The first-order valence-electron chi connectivity index (χ1n) is 10.9. The van der Waals surface area contributed by atoms with Crippen LogP contribution in [-0.2, 0) is 13.0 Å². The van der Waals surface area contributed by atoms with E-state index in [4.69, 9.17) is 9.72 Å². The van der Waals surface area contributed by atoms with Gasteiger partial charge in [0.25, 0.3) is 0 Å². The number of aryl methyl sites for hydroxylation is 1. The Hall–Kier alpha value is -2.91. The molecule has 1 aromatic heterocycles. The Kier molecular flexibility index (Phi) is 6.60. The number of nitrogens with zero attached hydrogens (tertiary/aromatic N) is 2. The van der Waals surface area contributed by atoms with Gasteiger partial charge in [0.05, 0.1) is 0 Å². The highest BCUT2D eigenvalue weighted by molar-refractivity contribution is 5.87. The number of likely N-dealkylation sites (N-methyl/N-ethyl adjacent to an activating group) is 1. The van der Waals surface area contributed by atoms with Crippen molar-refractivity contribution in [2.24, 2.45) is 0 Å². The minimum absolute atomic E-state index is 0.623. The maximum absolute atomic E-state index is 6.17. The van der Waals surface area contributed by atoms with Crippen LogP contribution in [0.25, 0.3) is 21.5 Å². The minimum Gasteiger partial charge on any atom is -0.476 e. The van der Waals surface area contributed by atoms with E-state index in [2.05, 4.69) is 91.7 Å². The number of fused-ring (bicyclic) bond motifs is 2. The number of benzene rings is 3. The summed E-state index contributed by atoms with van der Waals surface area (Å²) in [7, 11) is 2.14. The second-order valence-electron chi connectivity index (χ2n) is 8.01. The maximum atomic E-state index is 6.17. The van der Waals surface area contributed by atoms with E-state index in [-0.39, 0.29) is 0 Å². The molecule has 0 unspecified atom stereocenters. The summed E-state index contributed by atoms with van der Waals surface area (Å²) in [6.45, 7) is 4.59. The van der Waals surface area contributed by atoms with E-state index < -0.39 is 0 Å². The summed E-state index contributed by atoms with van der Waals surface area (Å²) < 4.78 is 6.17. The van der Waals surface area contributed by atoms with Crippen LogP contribution < -0.4 is 4.74 Å². The SMILES string of the molecule is CCCCc1cc2ccccc2c(OCCN(C)Cc2ccc3ccccc3c2)n1. The molecule has 0 spiro atoms. The molecule has 0 aliphatic rings. The van der Waals surface area contributed by atoms with Gasteiger partial charge in [-0.25, -0.2) is 4.98 Å². The van der Waals surface area contributed by atoms with Crippen molar-refractivity contribution >= 4 is 21.5 Å². The lowest BCUT2D eigenvalue weighted by atomic mass is 10.1.